The number of nitrogens with one attached hydrogen (secondary N) is 1. The normalized spacial score (nSPS) is 10.3. The number of amides is 1. The van der Waals surface area contributed by atoms with Crippen molar-refractivity contribution in [3.63, 3.8) is 0 Å². The third-order valence-electron chi connectivity index (χ3n) is 2.66. The van der Waals surface area contributed by atoms with Gasteiger partial charge in [0.05, 0.1) is 10.8 Å². The third-order valence-corrected chi connectivity index (χ3v) is 3.86. The third kappa shape index (κ3) is 4.83. The first-order valence-corrected chi connectivity index (χ1v) is 7.88. The Morgan fingerprint density at radius 2 is 2.30 bits per heavy atom. The van der Waals surface area contributed by atoms with Gasteiger partial charge in [0.2, 0.25) is 5.91 Å². The molecule has 2 heterocycles. The van der Waals surface area contributed by atoms with Gasteiger partial charge in [-0.1, -0.05) is 29.4 Å². The molecule has 9 heteroatoms. The fourth-order valence-electron chi connectivity index (χ4n) is 1.68. The molecule has 2 aromatic rings. The van der Waals surface area contributed by atoms with Crippen LogP contribution in [0, 0.1) is 0 Å². The topological polar surface area (TPSA) is 103 Å². The number of halogens is 1. The maximum absolute atomic E-state index is 11.9. The van der Waals surface area contributed by atoms with Crippen LogP contribution in [-0.2, 0) is 11.3 Å². The molecule has 0 aromatic carbocycles. The molecule has 120 valence electrons. The van der Waals surface area contributed by atoms with Crippen molar-refractivity contribution >= 4 is 40.9 Å². The molecule has 0 aliphatic carbocycles. The molecule has 2 rings (SSSR count). The highest BCUT2D eigenvalue weighted by Crippen LogP contribution is 2.17. The molecule has 3 N–H and O–H groups in total. The average Bonchev–Trinajstić information content (AvgIpc) is 2.50. The van der Waals surface area contributed by atoms with Crippen LogP contribution in [0.25, 0.3) is 0 Å². The highest BCUT2D eigenvalue weighted by atomic mass is 35.5. The van der Waals surface area contributed by atoms with Crippen molar-refractivity contribution in [3.05, 3.63) is 52.4 Å². The summed E-state index contributed by atoms with van der Waals surface area (Å²) in [5.41, 5.74) is 5.34. The summed E-state index contributed by atoms with van der Waals surface area (Å²) in [6, 6.07) is 4.45. The molecule has 0 saturated heterocycles. The fraction of sp³-hybridized carbons (Fsp3) is 0.143. The number of hydrogen-bond donors (Lipinski definition) is 2. The lowest BCUT2D eigenvalue weighted by Crippen LogP contribution is -2.20. The van der Waals surface area contributed by atoms with Gasteiger partial charge in [0.25, 0.3) is 5.56 Å². The first-order valence-electron chi connectivity index (χ1n) is 6.52. The Kier molecular flexibility index (Phi) is 5.78. The summed E-state index contributed by atoms with van der Waals surface area (Å²) >= 11 is 6.83. The van der Waals surface area contributed by atoms with Crippen molar-refractivity contribution < 1.29 is 4.79 Å². The van der Waals surface area contributed by atoms with E-state index in [2.05, 4.69) is 21.9 Å². The Morgan fingerprint density at radius 1 is 1.52 bits per heavy atom. The molecule has 2 aromatic heterocycles. The van der Waals surface area contributed by atoms with E-state index in [0.717, 1.165) is 11.8 Å². The Bertz CT molecular complexity index is 776. The number of hydrogen-bond acceptors (Lipinski definition) is 6. The van der Waals surface area contributed by atoms with Crippen LogP contribution in [0.5, 0.6) is 0 Å². The molecule has 0 radical (unpaired) electrons. The Balaban J connectivity index is 2.05. The number of thioether (sulfide) groups is 1. The second-order valence-electron chi connectivity index (χ2n) is 4.40. The number of rotatable bonds is 6. The second-order valence-corrected chi connectivity index (χ2v) is 5.78. The average molecular weight is 352 g/mol. The van der Waals surface area contributed by atoms with E-state index in [4.69, 9.17) is 17.3 Å². The zero-order valence-electron chi connectivity index (χ0n) is 12.0. The molecular weight excluding hydrogens is 338 g/mol. The van der Waals surface area contributed by atoms with Crippen LogP contribution in [0.3, 0.4) is 0 Å². The van der Waals surface area contributed by atoms with E-state index in [9.17, 15) is 9.59 Å². The summed E-state index contributed by atoms with van der Waals surface area (Å²) in [7, 11) is 0. The Labute approximate surface area is 141 Å². The van der Waals surface area contributed by atoms with Crippen LogP contribution in [0.1, 0.15) is 0 Å². The van der Waals surface area contributed by atoms with Gasteiger partial charge in [-0.25, -0.2) is 4.98 Å². The van der Waals surface area contributed by atoms with Crippen LogP contribution in [0.2, 0.25) is 5.02 Å². The summed E-state index contributed by atoms with van der Waals surface area (Å²) in [6.07, 6.45) is 3.07. The minimum absolute atomic E-state index is 0.0529. The lowest BCUT2D eigenvalue weighted by Gasteiger charge is -2.12. The largest absolute Gasteiger partial charge is 0.385 e. The molecule has 23 heavy (non-hydrogen) atoms. The molecule has 0 unspecified atom stereocenters. The molecular formula is C14H14ClN5O2S. The summed E-state index contributed by atoms with van der Waals surface area (Å²) < 4.78 is 1.60. The lowest BCUT2D eigenvalue weighted by molar-refractivity contribution is -0.113. The predicted octanol–water partition coefficient (Wildman–Crippen LogP) is 1.79. The molecule has 1 amide bonds. The minimum atomic E-state index is -0.454. The van der Waals surface area contributed by atoms with Crippen molar-refractivity contribution in [2.45, 2.75) is 11.7 Å². The van der Waals surface area contributed by atoms with E-state index in [0.29, 0.717) is 22.5 Å². The van der Waals surface area contributed by atoms with Gasteiger partial charge < -0.3 is 15.6 Å². The van der Waals surface area contributed by atoms with Crippen LogP contribution >= 0.6 is 23.4 Å². The van der Waals surface area contributed by atoms with Crippen LogP contribution in [0.15, 0.2) is 47.0 Å². The molecule has 0 fully saturated rings. The van der Waals surface area contributed by atoms with Gasteiger partial charge in [-0.15, -0.1) is 6.58 Å². The first-order chi connectivity index (χ1) is 11.0. The summed E-state index contributed by atoms with van der Waals surface area (Å²) in [6.45, 7) is 4.02. The van der Waals surface area contributed by atoms with Crippen LogP contribution in [0.4, 0.5) is 11.6 Å². The van der Waals surface area contributed by atoms with Gasteiger partial charge in [0.1, 0.15) is 11.6 Å². The van der Waals surface area contributed by atoms with Crippen LogP contribution in [-0.4, -0.2) is 26.2 Å². The van der Waals surface area contributed by atoms with Crippen molar-refractivity contribution in [2.24, 2.45) is 0 Å². The predicted molar refractivity (Wildman–Crippen MR) is 91.7 cm³/mol. The number of nitrogen functional groups attached to an aromatic ring is 1. The van der Waals surface area contributed by atoms with E-state index >= 15 is 0 Å². The minimum Gasteiger partial charge on any atom is -0.385 e. The molecule has 0 atom stereocenters. The number of pyridine rings is 1. The molecule has 0 aliphatic heterocycles. The zero-order valence-corrected chi connectivity index (χ0v) is 13.6. The summed E-state index contributed by atoms with van der Waals surface area (Å²) in [5.74, 6) is 0.431. The number of carbonyl (C=O) groups excluding carboxylic acids is 1. The van der Waals surface area contributed by atoms with Crippen molar-refractivity contribution in [1.29, 1.82) is 0 Å². The van der Waals surface area contributed by atoms with Crippen molar-refractivity contribution in [2.75, 3.05) is 16.8 Å². The lowest BCUT2D eigenvalue weighted by atomic mass is 10.4. The smallest absolute Gasteiger partial charge is 0.275 e. The molecule has 7 nitrogen and oxygen atoms in total. The van der Waals surface area contributed by atoms with E-state index in [1.54, 1.807) is 22.8 Å². The standard InChI is InChI=1S/C14H14ClN5O2S/c1-2-5-20-10(16)6-12(21)19-14(20)23-8-13(22)18-11-4-3-9(15)7-17-11/h2-4,6-7H,1,5,8,16H2,(H,17,18,22). The second kappa shape index (κ2) is 7.80. The zero-order chi connectivity index (χ0) is 16.8. The van der Waals surface area contributed by atoms with Crippen molar-refractivity contribution in [1.82, 2.24) is 14.5 Å². The van der Waals surface area contributed by atoms with E-state index < -0.39 is 5.56 Å². The molecule has 0 spiro atoms. The fourth-order valence-corrected chi connectivity index (χ4v) is 2.62. The molecule has 0 bridgehead atoms. The SMILES string of the molecule is C=CCn1c(N)cc(=O)nc1SCC(=O)Nc1ccc(Cl)cn1. The maximum atomic E-state index is 11.9. The highest BCUT2D eigenvalue weighted by molar-refractivity contribution is 7.99. The van der Waals surface area contributed by atoms with E-state index in [1.165, 1.54) is 12.3 Å². The number of nitrogens with two attached hydrogens (primary N) is 1. The van der Waals surface area contributed by atoms with Gasteiger partial charge in [0.15, 0.2) is 5.16 Å². The monoisotopic (exact) mass is 351 g/mol. The summed E-state index contributed by atoms with van der Waals surface area (Å²) in [4.78, 5) is 31.3. The van der Waals surface area contributed by atoms with Gasteiger partial charge in [0, 0.05) is 18.8 Å². The maximum Gasteiger partial charge on any atom is 0.275 e. The van der Waals surface area contributed by atoms with Crippen LogP contribution < -0.4 is 16.6 Å². The number of anilines is 2. The Hall–Kier alpha value is -2.32. The van der Waals surface area contributed by atoms with Gasteiger partial charge >= 0.3 is 0 Å². The number of nitrogens with zero attached hydrogens (tertiary/aromatic N) is 3. The number of carbonyl (C=O) groups is 1. The van der Waals surface area contributed by atoms with Gasteiger partial charge in [-0.05, 0) is 12.1 Å². The molecule has 0 aliphatic rings. The number of allylic oxidation sites excluding steroid dienone is 1. The Morgan fingerprint density at radius 3 is 2.96 bits per heavy atom. The number of aromatic nitrogens is 3. The van der Waals surface area contributed by atoms with E-state index in [1.807, 2.05) is 0 Å². The van der Waals surface area contributed by atoms with Gasteiger partial charge in [-0.2, -0.15) is 4.98 Å². The molecule has 0 saturated carbocycles. The van der Waals surface area contributed by atoms with Crippen molar-refractivity contribution in [3.8, 4) is 0 Å². The first kappa shape index (κ1) is 17.0. The quantitative estimate of drug-likeness (QED) is 0.467. The van der Waals surface area contributed by atoms with E-state index in [-0.39, 0.29) is 17.5 Å². The van der Waals surface area contributed by atoms with Gasteiger partial charge in [-0.3, -0.25) is 9.59 Å². The summed E-state index contributed by atoms with van der Waals surface area (Å²) in [5, 5.41) is 3.46. The highest BCUT2D eigenvalue weighted by Gasteiger charge is 2.10.